The third kappa shape index (κ3) is 9.58. The molecule has 1 saturated heterocycles. The minimum absolute atomic E-state index is 0. The Labute approximate surface area is 243 Å². The number of carboxylic acids is 1. The number of amidine groups is 1. The summed E-state index contributed by atoms with van der Waals surface area (Å²) in [6, 6.07) is 9.38. The number of anilines is 1. The van der Waals surface area contributed by atoms with E-state index in [2.05, 4.69) is 0 Å². The Morgan fingerprint density at radius 3 is 2.42 bits per heavy atom. The molecule has 1 aliphatic heterocycles. The van der Waals surface area contributed by atoms with Gasteiger partial charge < -0.3 is 20.5 Å². The lowest BCUT2D eigenvalue weighted by atomic mass is 10.1. The number of piperidine rings is 1. The second-order valence-electron chi connectivity index (χ2n) is 8.92. The molecule has 2 aromatic carbocycles. The first-order valence-corrected chi connectivity index (χ1v) is 13.3. The molecule has 0 bridgehead atoms. The van der Waals surface area contributed by atoms with E-state index in [0.29, 0.717) is 47.4 Å². The van der Waals surface area contributed by atoms with Crippen LogP contribution in [0.3, 0.4) is 0 Å². The number of halogens is 5. The molecule has 3 rings (SSSR count). The highest BCUT2D eigenvalue weighted by molar-refractivity contribution is 7.93. The molecule has 40 heavy (non-hydrogen) atoms. The fourth-order valence-electron chi connectivity index (χ4n) is 3.99. The molecule has 1 aliphatic rings. The van der Waals surface area contributed by atoms with E-state index in [-0.39, 0.29) is 36.3 Å². The summed E-state index contributed by atoms with van der Waals surface area (Å²) in [5.41, 5.74) is 4.97. The van der Waals surface area contributed by atoms with Crippen LogP contribution in [0.15, 0.2) is 48.5 Å². The van der Waals surface area contributed by atoms with Crippen molar-refractivity contribution in [2.75, 3.05) is 36.7 Å². The number of alkyl halides is 3. The van der Waals surface area contributed by atoms with E-state index < -0.39 is 51.9 Å². The summed E-state index contributed by atoms with van der Waals surface area (Å²) >= 11 is 0. The van der Waals surface area contributed by atoms with Gasteiger partial charge in [0.1, 0.15) is 17.7 Å². The fraction of sp³-hybridized carbons (Fsp3) is 0.360. The number of hydrogen-bond acceptors (Lipinski definition) is 6. The van der Waals surface area contributed by atoms with Crippen molar-refractivity contribution in [1.82, 2.24) is 4.90 Å². The first kappa shape index (κ1) is 35.0. The Bertz CT molecular complexity index is 1320. The van der Waals surface area contributed by atoms with Crippen LogP contribution in [-0.2, 0) is 21.0 Å². The molecule has 15 heteroatoms. The SMILES string of the molecule is CN1CCC(Oc2ccc(N(C/C=C/c3cccc(C(=N)N)c3)S(=O)(=O)CC(=O)O)cc2C(F)(F)F)CC1.Cl.Cl. The van der Waals surface area contributed by atoms with Gasteiger partial charge in [0, 0.05) is 18.7 Å². The highest BCUT2D eigenvalue weighted by atomic mass is 35.5. The van der Waals surface area contributed by atoms with Crippen molar-refractivity contribution in [1.29, 1.82) is 5.41 Å². The number of likely N-dealkylation sites (tertiary alicyclic amines) is 1. The molecule has 0 spiro atoms. The van der Waals surface area contributed by atoms with Gasteiger partial charge in [-0.3, -0.25) is 14.5 Å². The molecule has 0 unspecified atom stereocenters. The molecule has 0 aliphatic carbocycles. The van der Waals surface area contributed by atoms with Crippen LogP contribution in [0, 0.1) is 5.41 Å². The van der Waals surface area contributed by atoms with Gasteiger partial charge in [-0.05, 0) is 49.7 Å². The summed E-state index contributed by atoms with van der Waals surface area (Å²) in [6.45, 7) is 0.909. The second kappa shape index (κ2) is 14.6. The minimum atomic E-state index is -4.85. The van der Waals surface area contributed by atoms with Gasteiger partial charge in [0.15, 0.2) is 5.75 Å². The number of ether oxygens (including phenoxy) is 1. The van der Waals surface area contributed by atoms with Gasteiger partial charge in [-0.2, -0.15) is 13.2 Å². The third-order valence-corrected chi connectivity index (χ3v) is 7.58. The number of nitrogens with zero attached hydrogens (tertiary/aromatic N) is 2. The van der Waals surface area contributed by atoms with Crippen LogP contribution in [0.4, 0.5) is 18.9 Å². The fourth-order valence-corrected chi connectivity index (χ4v) is 5.20. The van der Waals surface area contributed by atoms with Gasteiger partial charge >= 0.3 is 12.1 Å². The monoisotopic (exact) mass is 626 g/mol. The number of aliphatic carboxylic acids is 1. The zero-order valence-electron chi connectivity index (χ0n) is 21.4. The molecule has 0 amide bonds. The largest absolute Gasteiger partial charge is 0.490 e. The number of hydrogen-bond donors (Lipinski definition) is 3. The van der Waals surface area contributed by atoms with E-state index in [1.165, 1.54) is 18.2 Å². The zero-order valence-corrected chi connectivity index (χ0v) is 23.9. The molecule has 222 valence electrons. The van der Waals surface area contributed by atoms with Crippen molar-refractivity contribution in [3.05, 3.63) is 65.2 Å². The standard InChI is InChI=1S/C25H29F3N4O5S.2ClH/c1-31-12-9-20(10-13-31)37-22-8-7-19(15-21(22)25(26,27)28)32(38(35,36)16-23(33)34)11-3-5-17-4-2-6-18(14-17)24(29)30;;/h2-8,14-15,20H,9-13,16H2,1H3,(H3,29,30)(H,33,34);2*1H/b5-3+;;. The van der Waals surface area contributed by atoms with Crippen molar-refractivity contribution < 1.29 is 36.2 Å². The molecule has 0 atom stereocenters. The van der Waals surface area contributed by atoms with Gasteiger partial charge in [0.2, 0.25) is 10.0 Å². The van der Waals surface area contributed by atoms with Crippen LogP contribution in [0.1, 0.15) is 29.5 Å². The summed E-state index contributed by atoms with van der Waals surface area (Å²) in [4.78, 5) is 13.3. The second-order valence-corrected chi connectivity index (χ2v) is 10.8. The van der Waals surface area contributed by atoms with Crippen LogP contribution in [0.5, 0.6) is 5.75 Å². The molecular weight excluding hydrogens is 596 g/mol. The first-order chi connectivity index (χ1) is 17.8. The number of nitrogens with two attached hydrogens (primary N) is 1. The Morgan fingerprint density at radius 2 is 1.85 bits per heavy atom. The highest BCUT2D eigenvalue weighted by Crippen LogP contribution is 2.40. The quantitative estimate of drug-likeness (QED) is 0.265. The van der Waals surface area contributed by atoms with Gasteiger partial charge in [-0.15, -0.1) is 24.8 Å². The molecule has 1 fully saturated rings. The van der Waals surface area contributed by atoms with Gasteiger partial charge in [0.05, 0.1) is 17.8 Å². The summed E-state index contributed by atoms with van der Waals surface area (Å²) in [6.07, 6.45) is -1.30. The minimum Gasteiger partial charge on any atom is -0.490 e. The highest BCUT2D eigenvalue weighted by Gasteiger charge is 2.37. The Morgan fingerprint density at radius 1 is 1.20 bits per heavy atom. The number of nitrogens with one attached hydrogen (secondary N) is 1. The van der Waals surface area contributed by atoms with Gasteiger partial charge in [-0.25, -0.2) is 8.42 Å². The number of rotatable bonds is 10. The number of sulfonamides is 1. The third-order valence-electron chi connectivity index (χ3n) is 5.94. The molecular formula is C25H31Cl2F3N4O5S. The maximum absolute atomic E-state index is 14.0. The lowest BCUT2D eigenvalue weighted by Crippen LogP contribution is -2.36. The number of carbonyl (C=O) groups is 1. The zero-order chi connectivity index (χ0) is 28.1. The van der Waals surface area contributed by atoms with E-state index in [1.54, 1.807) is 24.3 Å². The van der Waals surface area contributed by atoms with Crippen molar-refractivity contribution in [3.8, 4) is 5.75 Å². The lowest BCUT2D eigenvalue weighted by Gasteiger charge is -2.30. The Hall–Kier alpha value is -3.00. The van der Waals surface area contributed by atoms with E-state index in [1.807, 2.05) is 11.9 Å². The average Bonchev–Trinajstić information content (AvgIpc) is 2.82. The van der Waals surface area contributed by atoms with Crippen LogP contribution in [0.2, 0.25) is 0 Å². The van der Waals surface area contributed by atoms with Crippen LogP contribution in [-0.4, -0.2) is 68.8 Å². The van der Waals surface area contributed by atoms with E-state index in [0.717, 1.165) is 6.07 Å². The first-order valence-electron chi connectivity index (χ1n) is 11.7. The van der Waals surface area contributed by atoms with E-state index >= 15 is 0 Å². The molecule has 2 aromatic rings. The smallest absolute Gasteiger partial charge is 0.420 e. The number of benzene rings is 2. The Kier molecular flexibility index (Phi) is 12.8. The van der Waals surface area contributed by atoms with E-state index in [4.69, 9.17) is 21.0 Å². The van der Waals surface area contributed by atoms with Crippen molar-refractivity contribution in [3.63, 3.8) is 0 Å². The van der Waals surface area contributed by atoms with Gasteiger partial charge in [0.25, 0.3) is 0 Å². The summed E-state index contributed by atoms with van der Waals surface area (Å²) < 4.78 is 74.0. The van der Waals surface area contributed by atoms with Gasteiger partial charge in [-0.1, -0.05) is 30.4 Å². The predicted octanol–water partition coefficient (Wildman–Crippen LogP) is 4.24. The average molecular weight is 628 g/mol. The van der Waals surface area contributed by atoms with Crippen molar-refractivity contribution >= 4 is 58.4 Å². The van der Waals surface area contributed by atoms with Crippen molar-refractivity contribution in [2.24, 2.45) is 5.73 Å². The van der Waals surface area contributed by atoms with Crippen LogP contribution in [0.25, 0.3) is 6.08 Å². The van der Waals surface area contributed by atoms with E-state index in [9.17, 15) is 26.4 Å². The van der Waals surface area contributed by atoms with Crippen LogP contribution < -0.4 is 14.8 Å². The topological polar surface area (TPSA) is 137 Å². The molecule has 1 heterocycles. The molecule has 9 nitrogen and oxygen atoms in total. The van der Waals surface area contributed by atoms with Crippen molar-refractivity contribution in [2.45, 2.75) is 25.1 Å². The van der Waals surface area contributed by atoms with Crippen LogP contribution >= 0.6 is 24.8 Å². The summed E-state index contributed by atoms with van der Waals surface area (Å²) in [5, 5.41) is 16.6. The molecule has 0 radical (unpaired) electrons. The molecule has 4 N–H and O–H groups in total. The summed E-state index contributed by atoms with van der Waals surface area (Å²) in [5.74, 6) is -3.54. The number of nitrogen functional groups attached to an aromatic ring is 1. The molecule has 0 aromatic heterocycles. The lowest BCUT2D eigenvalue weighted by molar-refractivity contribution is -0.139. The maximum Gasteiger partial charge on any atom is 0.420 e. The molecule has 0 saturated carbocycles. The number of carboxylic acid groups (broad SMARTS) is 1. The predicted molar refractivity (Wildman–Crippen MR) is 152 cm³/mol. The maximum atomic E-state index is 14.0. The summed E-state index contributed by atoms with van der Waals surface area (Å²) in [7, 11) is -2.63. The normalized spacial score (nSPS) is 14.7. The Balaban J connectivity index is 0.00000400.